The maximum Gasteiger partial charge on any atom is 0.242 e. The molecule has 5 nitrogen and oxygen atoms in total. The number of carbonyl (C=O) groups excluding carboxylic acids is 1. The van der Waals surface area contributed by atoms with E-state index < -0.39 is 23.6 Å². The summed E-state index contributed by atoms with van der Waals surface area (Å²) < 4.78 is 32.9. The lowest BCUT2D eigenvalue weighted by molar-refractivity contribution is -0.121. The highest BCUT2D eigenvalue weighted by atomic mass is 19.1. The quantitative estimate of drug-likeness (QED) is 0.847. The topological polar surface area (TPSA) is 79.3 Å². The second kappa shape index (κ2) is 5.20. The van der Waals surface area contributed by atoms with Crippen LogP contribution in [0.4, 0.5) is 14.5 Å². The van der Waals surface area contributed by atoms with Crippen molar-refractivity contribution in [1.82, 2.24) is 0 Å². The average Bonchev–Trinajstić information content (AvgIpc) is 2.38. The number of primary amides is 1. The summed E-state index contributed by atoms with van der Waals surface area (Å²) in [6.07, 6.45) is 0. The molecule has 0 saturated carbocycles. The van der Waals surface area contributed by atoms with Gasteiger partial charge in [0.1, 0.15) is 11.7 Å². The lowest BCUT2D eigenvalue weighted by Crippen LogP contribution is -2.53. The number of carbonyl (C=O) groups is 1. The second-order valence-electron chi connectivity index (χ2n) is 4.09. The zero-order valence-electron chi connectivity index (χ0n) is 9.90. The van der Waals surface area contributed by atoms with Crippen LogP contribution in [-0.2, 0) is 9.53 Å². The summed E-state index contributed by atoms with van der Waals surface area (Å²) in [5, 5.41) is 8.64. The van der Waals surface area contributed by atoms with Crippen molar-refractivity contribution in [2.45, 2.75) is 6.04 Å². The summed E-state index contributed by atoms with van der Waals surface area (Å²) in [4.78, 5) is 12.5. The van der Waals surface area contributed by atoms with Crippen LogP contribution < -0.4 is 10.6 Å². The molecule has 1 heterocycles. The molecular weight excluding hydrogens is 256 g/mol. The molecule has 2 rings (SSSR count). The Bertz CT molecular complexity index is 533. The fourth-order valence-electron chi connectivity index (χ4n) is 2.01. The van der Waals surface area contributed by atoms with Crippen LogP contribution in [0.5, 0.6) is 0 Å². The van der Waals surface area contributed by atoms with Gasteiger partial charge in [0, 0.05) is 6.54 Å². The molecule has 0 radical (unpaired) electrons. The van der Waals surface area contributed by atoms with Gasteiger partial charge in [-0.05, 0) is 12.1 Å². The third kappa shape index (κ3) is 2.48. The van der Waals surface area contributed by atoms with E-state index in [0.29, 0.717) is 0 Å². The number of morpholine rings is 1. The zero-order valence-corrected chi connectivity index (χ0v) is 9.90. The van der Waals surface area contributed by atoms with E-state index in [1.807, 2.05) is 0 Å². The monoisotopic (exact) mass is 267 g/mol. The number of rotatable bonds is 2. The fraction of sp³-hybridized carbons (Fsp3) is 0.333. The van der Waals surface area contributed by atoms with Crippen LogP contribution in [0.1, 0.15) is 5.56 Å². The third-order valence-electron chi connectivity index (χ3n) is 2.89. The second-order valence-corrected chi connectivity index (χ2v) is 4.09. The molecule has 2 N–H and O–H groups in total. The van der Waals surface area contributed by atoms with E-state index in [-0.39, 0.29) is 31.0 Å². The van der Waals surface area contributed by atoms with Gasteiger partial charge in [0.2, 0.25) is 5.91 Å². The number of ether oxygens (including phenoxy) is 1. The maximum atomic E-state index is 13.9. The Kier molecular flexibility index (Phi) is 3.62. The van der Waals surface area contributed by atoms with Gasteiger partial charge in [0.05, 0.1) is 24.8 Å². The molecule has 1 aliphatic heterocycles. The smallest absolute Gasteiger partial charge is 0.242 e. The van der Waals surface area contributed by atoms with Crippen molar-refractivity contribution in [3.8, 4) is 6.07 Å². The molecule has 1 aromatic carbocycles. The molecule has 0 bridgehead atoms. The highest BCUT2D eigenvalue weighted by molar-refractivity contribution is 5.84. The summed E-state index contributed by atoms with van der Waals surface area (Å²) in [7, 11) is 0. The highest BCUT2D eigenvalue weighted by Gasteiger charge is 2.31. The van der Waals surface area contributed by atoms with Crippen molar-refractivity contribution in [2.24, 2.45) is 5.73 Å². The first-order valence-electron chi connectivity index (χ1n) is 5.57. The number of hydrogen-bond donors (Lipinski definition) is 1. The van der Waals surface area contributed by atoms with Gasteiger partial charge in [0.15, 0.2) is 11.6 Å². The molecule has 0 spiro atoms. The van der Waals surface area contributed by atoms with Crippen LogP contribution in [0.3, 0.4) is 0 Å². The predicted octanol–water partition coefficient (Wildman–Crippen LogP) is 0.527. The Morgan fingerprint density at radius 3 is 2.63 bits per heavy atom. The van der Waals surface area contributed by atoms with Gasteiger partial charge in [-0.25, -0.2) is 8.78 Å². The molecule has 1 atom stereocenters. The van der Waals surface area contributed by atoms with Crippen molar-refractivity contribution in [3.63, 3.8) is 0 Å². The van der Waals surface area contributed by atoms with Gasteiger partial charge >= 0.3 is 0 Å². The Labute approximate surface area is 108 Å². The number of nitrogens with two attached hydrogens (primary N) is 1. The fourth-order valence-corrected chi connectivity index (χ4v) is 2.01. The molecule has 1 unspecified atom stereocenters. The normalized spacial score (nSPS) is 19.0. The van der Waals surface area contributed by atoms with Gasteiger partial charge < -0.3 is 15.4 Å². The van der Waals surface area contributed by atoms with E-state index in [4.69, 9.17) is 15.7 Å². The van der Waals surface area contributed by atoms with E-state index in [1.165, 1.54) is 4.90 Å². The van der Waals surface area contributed by atoms with Crippen LogP contribution in [0.2, 0.25) is 0 Å². The standard InChI is InChI=1S/C12H11F2N3O2/c13-8-3-7(5-15)4-9(14)11(8)17-1-2-19-6-10(17)12(16)18/h3-4,10H,1-2,6H2,(H2,16,18). The molecule has 100 valence electrons. The minimum Gasteiger partial charge on any atom is -0.377 e. The Hall–Kier alpha value is -2.20. The van der Waals surface area contributed by atoms with Gasteiger partial charge in [-0.1, -0.05) is 0 Å². The maximum absolute atomic E-state index is 13.9. The Morgan fingerprint density at radius 1 is 1.47 bits per heavy atom. The van der Waals surface area contributed by atoms with Crippen molar-refractivity contribution in [1.29, 1.82) is 5.26 Å². The summed E-state index contributed by atoms with van der Waals surface area (Å²) >= 11 is 0. The lowest BCUT2D eigenvalue weighted by Gasteiger charge is -2.35. The van der Waals surface area contributed by atoms with Gasteiger partial charge in [-0.15, -0.1) is 0 Å². The van der Waals surface area contributed by atoms with Crippen LogP contribution in [-0.4, -0.2) is 31.7 Å². The number of hydrogen-bond acceptors (Lipinski definition) is 4. The first-order chi connectivity index (χ1) is 9.04. The minimum atomic E-state index is -0.925. The number of amides is 1. The third-order valence-corrected chi connectivity index (χ3v) is 2.89. The number of nitrogens with zero attached hydrogens (tertiary/aromatic N) is 2. The Morgan fingerprint density at radius 2 is 2.11 bits per heavy atom. The van der Waals surface area contributed by atoms with Gasteiger partial charge in [0.25, 0.3) is 0 Å². The first kappa shape index (κ1) is 13.2. The SMILES string of the molecule is N#Cc1cc(F)c(N2CCOCC2C(N)=O)c(F)c1. The number of nitriles is 1. The largest absolute Gasteiger partial charge is 0.377 e. The van der Waals surface area contributed by atoms with Gasteiger partial charge in [-0.3, -0.25) is 4.79 Å². The molecule has 1 saturated heterocycles. The predicted molar refractivity (Wildman–Crippen MR) is 62.2 cm³/mol. The zero-order chi connectivity index (χ0) is 14.0. The van der Waals surface area contributed by atoms with Gasteiger partial charge in [-0.2, -0.15) is 5.26 Å². The minimum absolute atomic E-state index is 0.0196. The lowest BCUT2D eigenvalue weighted by atomic mass is 10.1. The highest BCUT2D eigenvalue weighted by Crippen LogP contribution is 2.27. The Balaban J connectivity index is 2.45. The summed E-state index contributed by atoms with van der Waals surface area (Å²) in [6, 6.07) is 2.58. The van der Waals surface area contributed by atoms with E-state index in [9.17, 15) is 13.6 Å². The average molecular weight is 267 g/mol. The van der Waals surface area contributed by atoms with Crippen molar-refractivity contribution in [2.75, 3.05) is 24.7 Å². The van der Waals surface area contributed by atoms with Crippen molar-refractivity contribution < 1.29 is 18.3 Å². The molecular formula is C12H11F2N3O2. The van der Waals surface area contributed by atoms with Crippen LogP contribution in [0.15, 0.2) is 12.1 Å². The number of anilines is 1. The molecule has 1 aliphatic rings. The summed E-state index contributed by atoms with van der Waals surface area (Å²) in [6.45, 7) is 0.365. The molecule has 1 amide bonds. The van der Waals surface area contributed by atoms with Crippen LogP contribution in [0.25, 0.3) is 0 Å². The first-order valence-corrected chi connectivity index (χ1v) is 5.57. The van der Waals surface area contributed by atoms with E-state index in [2.05, 4.69) is 0 Å². The molecule has 0 aliphatic carbocycles. The number of halogens is 2. The summed E-state index contributed by atoms with van der Waals surface area (Å²) in [5.41, 5.74) is 4.72. The molecule has 7 heteroatoms. The molecule has 1 aromatic rings. The molecule has 1 fully saturated rings. The van der Waals surface area contributed by atoms with E-state index in [1.54, 1.807) is 6.07 Å². The van der Waals surface area contributed by atoms with Crippen molar-refractivity contribution >= 4 is 11.6 Å². The summed E-state index contributed by atoms with van der Waals surface area (Å²) in [5.74, 6) is -2.52. The van der Waals surface area contributed by atoms with Crippen LogP contribution >= 0.6 is 0 Å². The molecule has 0 aromatic heterocycles. The van der Waals surface area contributed by atoms with E-state index >= 15 is 0 Å². The van der Waals surface area contributed by atoms with Crippen LogP contribution in [0, 0.1) is 23.0 Å². The van der Waals surface area contributed by atoms with E-state index in [0.717, 1.165) is 12.1 Å². The van der Waals surface area contributed by atoms with Crippen molar-refractivity contribution in [3.05, 3.63) is 29.3 Å². The molecule has 19 heavy (non-hydrogen) atoms. The number of benzene rings is 1.